The van der Waals surface area contributed by atoms with Crippen LogP contribution in [0.25, 0.3) is 82.1 Å². The van der Waals surface area contributed by atoms with E-state index >= 15 is 0 Å². The van der Waals surface area contributed by atoms with Crippen LogP contribution in [0.2, 0.25) is 0 Å². The van der Waals surface area contributed by atoms with Gasteiger partial charge in [0.25, 0.3) is 0 Å². The number of benzene rings is 7. The quantitative estimate of drug-likeness (QED) is 0.150. The normalized spacial score (nSPS) is 11.8. The number of aromatic nitrogens is 4. The Morgan fingerprint density at radius 3 is 2.04 bits per heavy atom. The molecule has 10 rings (SSSR count). The Labute approximate surface area is 269 Å². The van der Waals surface area contributed by atoms with E-state index in [0.717, 1.165) is 39.0 Å². The molecule has 3 aromatic heterocycles. The SMILES string of the molecule is c1ccc2cc(-[n+]3c[n+](-c4cccc5oc6ccncc6c45)c[n+](-c4cc5ccccc5c5ccc6ccccc6c45)c3)ccc2c1. The third-order valence-corrected chi connectivity index (χ3v) is 9.34. The zero-order valence-electron chi connectivity index (χ0n) is 25.3. The summed E-state index contributed by atoms with van der Waals surface area (Å²) < 4.78 is 12.9. The van der Waals surface area contributed by atoms with E-state index in [-0.39, 0.29) is 0 Å². The van der Waals surface area contributed by atoms with Gasteiger partial charge in [0.2, 0.25) is 17.1 Å². The predicted molar refractivity (Wildman–Crippen MR) is 186 cm³/mol. The summed E-state index contributed by atoms with van der Waals surface area (Å²) in [6.45, 7) is 0. The van der Waals surface area contributed by atoms with E-state index in [9.17, 15) is 0 Å². The van der Waals surface area contributed by atoms with Gasteiger partial charge < -0.3 is 4.42 Å². The molecule has 10 aromatic rings. The summed E-state index contributed by atoms with van der Waals surface area (Å²) in [7, 11) is 0. The summed E-state index contributed by atoms with van der Waals surface area (Å²) in [4.78, 5) is 4.44. The standard InChI is InChI=1S/C42H27N4O/c1-2-10-30-22-32(18-16-28(30)8-1)44-25-45(37-14-7-15-40-42(37)36-24-43-21-20-39(36)47-40)27-46(26-44)38-23-31-11-4-5-12-33(31)35-19-17-29-9-3-6-13-34(29)41(35)38/h1-27H/q+3. The highest BCUT2D eigenvalue weighted by Crippen LogP contribution is 2.35. The van der Waals surface area contributed by atoms with Crippen molar-refractivity contribution in [3.63, 3.8) is 0 Å². The Morgan fingerprint density at radius 2 is 1.15 bits per heavy atom. The molecule has 218 valence electrons. The highest BCUT2D eigenvalue weighted by molar-refractivity contribution is 6.20. The van der Waals surface area contributed by atoms with E-state index in [4.69, 9.17) is 4.42 Å². The van der Waals surface area contributed by atoms with Gasteiger partial charge in [0, 0.05) is 36.7 Å². The van der Waals surface area contributed by atoms with Crippen LogP contribution in [0.3, 0.4) is 0 Å². The lowest BCUT2D eigenvalue weighted by Crippen LogP contribution is -2.55. The number of hydrogen-bond donors (Lipinski definition) is 0. The molecule has 0 aliphatic rings. The number of pyridine rings is 1. The number of hydrogen-bond acceptors (Lipinski definition) is 2. The van der Waals surface area contributed by atoms with Gasteiger partial charge >= 0.3 is 19.0 Å². The molecule has 0 N–H and O–H groups in total. The summed E-state index contributed by atoms with van der Waals surface area (Å²) in [5, 5.41) is 11.7. The number of rotatable bonds is 3. The molecule has 0 saturated heterocycles. The van der Waals surface area contributed by atoms with Crippen molar-refractivity contribution in [1.29, 1.82) is 0 Å². The van der Waals surface area contributed by atoms with E-state index in [1.807, 2.05) is 18.3 Å². The van der Waals surface area contributed by atoms with E-state index in [0.29, 0.717) is 0 Å². The smallest absolute Gasteiger partial charge is 0.428 e. The van der Waals surface area contributed by atoms with Crippen LogP contribution >= 0.6 is 0 Å². The van der Waals surface area contributed by atoms with E-state index in [2.05, 4.69) is 159 Å². The first-order valence-electron chi connectivity index (χ1n) is 15.8. The van der Waals surface area contributed by atoms with Gasteiger partial charge in [0.05, 0.1) is 10.8 Å². The van der Waals surface area contributed by atoms with Crippen LogP contribution in [0.1, 0.15) is 0 Å². The van der Waals surface area contributed by atoms with Crippen LogP contribution in [-0.4, -0.2) is 4.98 Å². The number of fused-ring (bicyclic) bond motifs is 9. The first kappa shape index (κ1) is 25.8. The molecule has 0 aliphatic carbocycles. The van der Waals surface area contributed by atoms with Gasteiger partial charge in [0.1, 0.15) is 16.6 Å². The zero-order valence-corrected chi connectivity index (χ0v) is 25.3. The molecule has 0 saturated carbocycles. The summed E-state index contributed by atoms with van der Waals surface area (Å²) in [5.41, 5.74) is 4.82. The molecule has 0 radical (unpaired) electrons. The van der Waals surface area contributed by atoms with Crippen molar-refractivity contribution in [1.82, 2.24) is 4.98 Å². The van der Waals surface area contributed by atoms with Crippen molar-refractivity contribution in [2.75, 3.05) is 0 Å². The molecule has 5 nitrogen and oxygen atoms in total. The summed E-state index contributed by atoms with van der Waals surface area (Å²) in [5.74, 6) is 0. The van der Waals surface area contributed by atoms with Gasteiger partial charge in [-0.1, -0.05) is 105 Å². The van der Waals surface area contributed by atoms with Gasteiger partial charge in [-0.15, -0.1) is 0 Å². The minimum Gasteiger partial charge on any atom is -0.456 e. The molecule has 0 fully saturated rings. The molecule has 0 bridgehead atoms. The van der Waals surface area contributed by atoms with Crippen LogP contribution < -0.4 is 13.7 Å². The molecular weight excluding hydrogens is 576 g/mol. The van der Waals surface area contributed by atoms with Crippen LogP contribution in [0, 0.1) is 0 Å². The molecule has 0 unspecified atom stereocenters. The van der Waals surface area contributed by atoms with Gasteiger partial charge in [0.15, 0.2) is 0 Å². The van der Waals surface area contributed by atoms with Crippen molar-refractivity contribution in [3.8, 4) is 17.1 Å². The second-order valence-electron chi connectivity index (χ2n) is 12.0. The fourth-order valence-corrected chi connectivity index (χ4v) is 7.14. The van der Waals surface area contributed by atoms with Gasteiger partial charge in [-0.2, -0.15) is 0 Å². The van der Waals surface area contributed by atoms with Gasteiger partial charge in [-0.3, -0.25) is 4.98 Å². The van der Waals surface area contributed by atoms with Crippen molar-refractivity contribution < 1.29 is 18.1 Å². The molecule has 47 heavy (non-hydrogen) atoms. The maximum Gasteiger partial charge on any atom is 0.428 e. The third kappa shape index (κ3) is 4.03. The lowest BCUT2D eigenvalue weighted by molar-refractivity contribution is -0.857. The highest BCUT2D eigenvalue weighted by Gasteiger charge is 2.30. The topological polar surface area (TPSA) is 37.7 Å². The fourth-order valence-electron chi connectivity index (χ4n) is 7.14. The monoisotopic (exact) mass is 603 g/mol. The lowest BCUT2D eigenvalue weighted by atomic mass is 9.95. The lowest BCUT2D eigenvalue weighted by Gasteiger charge is -2.09. The average molecular weight is 604 g/mol. The van der Waals surface area contributed by atoms with Crippen molar-refractivity contribution >= 4 is 65.0 Å². The number of furan rings is 1. The summed E-state index contributed by atoms with van der Waals surface area (Å²) in [6, 6.07) is 47.4. The van der Waals surface area contributed by atoms with Crippen LogP contribution in [-0.2, 0) is 0 Å². The second-order valence-corrected chi connectivity index (χ2v) is 12.0. The molecule has 0 atom stereocenters. The van der Waals surface area contributed by atoms with E-state index in [1.54, 1.807) is 6.20 Å². The van der Waals surface area contributed by atoms with Crippen LogP contribution in [0.15, 0.2) is 169 Å². The van der Waals surface area contributed by atoms with Gasteiger partial charge in [-0.25, -0.2) is 0 Å². The maximum atomic E-state index is 6.28. The molecule has 7 aromatic carbocycles. The Kier molecular flexibility index (Phi) is 5.51. The van der Waals surface area contributed by atoms with Crippen molar-refractivity contribution in [2.45, 2.75) is 0 Å². The minimum absolute atomic E-state index is 0.821. The van der Waals surface area contributed by atoms with Crippen LogP contribution in [0.5, 0.6) is 0 Å². The molecule has 0 amide bonds. The minimum atomic E-state index is 0.821. The van der Waals surface area contributed by atoms with E-state index < -0.39 is 0 Å². The summed E-state index contributed by atoms with van der Waals surface area (Å²) in [6.07, 6.45) is 10.2. The highest BCUT2D eigenvalue weighted by atomic mass is 16.3. The molecule has 0 spiro atoms. The Morgan fingerprint density at radius 1 is 0.426 bits per heavy atom. The molecular formula is C42H27N4O+3. The molecule has 0 aliphatic heterocycles. The zero-order chi connectivity index (χ0) is 30.9. The molecule has 3 heterocycles. The average Bonchev–Trinajstić information content (AvgIpc) is 3.53. The maximum absolute atomic E-state index is 6.28. The first-order chi connectivity index (χ1) is 23.3. The Hall–Kier alpha value is -6.46. The molecule has 5 heteroatoms. The second kappa shape index (κ2) is 10.0. The van der Waals surface area contributed by atoms with Crippen molar-refractivity contribution in [3.05, 3.63) is 165 Å². The fraction of sp³-hybridized carbons (Fsp3) is 0. The van der Waals surface area contributed by atoms with Crippen molar-refractivity contribution in [2.24, 2.45) is 0 Å². The van der Waals surface area contributed by atoms with Crippen LogP contribution in [0.4, 0.5) is 0 Å². The predicted octanol–water partition coefficient (Wildman–Crippen LogP) is 8.42. The Bertz CT molecular complexity index is 2870. The third-order valence-electron chi connectivity index (χ3n) is 9.34. The van der Waals surface area contributed by atoms with Gasteiger partial charge in [-0.05, 0) is 55.9 Å². The summed E-state index contributed by atoms with van der Waals surface area (Å²) >= 11 is 0. The number of nitrogens with zero attached hydrogens (tertiary/aromatic N) is 4. The van der Waals surface area contributed by atoms with E-state index in [1.165, 1.54) is 43.1 Å². The largest absolute Gasteiger partial charge is 0.456 e. The first-order valence-corrected chi connectivity index (χ1v) is 15.8. The Balaban J connectivity index is 1.33.